The lowest BCUT2D eigenvalue weighted by Gasteiger charge is -2.07. The predicted octanol–water partition coefficient (Wildman–Crippen LogP) is 3.94. The minimum Gasteiger partial charge on any atom is -0.307 e. The molecule has 0 atom stereocenters. The molecule has 6 heteroatoms. The Labute approximate surface area is 134 Å². The van der Waals surface area contributed by atoms with E-state index in [1.54, 1.807) is 12.1 Å². The van der Waals surface area contributed by atoms with Crippen LogP contribution >= 0.6 is 31.9 Å². The summed E-state index contributed by atoms with van der Waals surface area (Å²) in [5, 5.41) is 7.69. The number of hydrogen-bond acceptors (Lipinski definition) is 2. The van der Waals surface area contributed by atoms with Gasteiger partial charge in [0.25, 0.3) is 0 Å². The highest BCUT2D eigenvalue weighted by Crippen LogP contribution is 2.21. The van der Waals surface area contributed by atoms with Gasteiger partial charge in [-0.1, -0.05) is 22.9 Å². The first-order valence-corrected chi connectivity index (χ1v) is 7.96. The summed E-state index contributed by atoms with van der Waals surface area (Å²) in [5.41, 5.74) is 2.75. The Kier molecular flexibility index (Phi) is 5.35. The number of aromatic nitrogens is 2. The molecule has 0 amide bonds. The predicted molar refractivity (Wildman–Crippen MR) is 84.9 cm³/mol. The maximum Gasteiger partial charge on any atom is 0.127 e. The molecule has 0 aliphatic carbocycles. The van der Waals surface area contributed by atoms with Crippen LogP contribution in [0.4, 0.5) is 4.39 Å². The molecule has 2 rings (SSSR count). The van der Waals surface area contributed by atoms with Gasteiger partial charge in [-0.15, -0.1) is 0 Å². The zero-order chi connectivity index (χ0) is 14.7. The minimum atomic E-state index is -0.195. The Morgan fingerprint density at radius 1 is 1.30 bits per heavy atom. The molecule has 0 radical (unpaired) electrons. The van der Waals surface area contributed by atoms with Gasteiger partial charge in [-0.25, -0.2) is 4.39 Å². The van der Waals surface area contributed by atoms with Crippen LogP contribution in [0.1, 0.15) is 23.9 Å². The number of rotatable bonds is 5. The molecule has 0 fully saturated rings. The Bertz CT molecular complexity index is 611. The quantitative estimate of drug-likeness (QED) is 0.817. The number of nitrogens with one attached hydrogen (secondary N) is 1. The number of aryl methyl sites for hydroxylation is 2. The molecule has 2 aromatic rings. The molecule has 0 unspecified atom stereocenters. The third kappa shape index (κ3) is 3.48. The maximum atomic E-state index is 13.6. The molecule has 0 bridgehead atoms. The number of benzene rings is 1. The van der Waals surface area contributed by atoms with E-state index in [2.05, 4.69) is 49.2 Å². The summed E-state index contributed by atoms with van der Waals surface area (Å²) in [7, 11) is 1.92. The Balaban J connectivity index is 2.03. The SMILES string of the molecule is CCc1nn(C)c(CNCc2cc(Br)ccc2F)c1Br. The van der Waals surface area contributed by atoms with Crippen LogP contribution in [0.2, 0.25) is 0 Å². The largest absolute Gasteiger partial charge is 0.307 e. The summed E-state index contributed by atoms with van der Waals surface area (Å²) in [5.74, 6) is -0.195. The fourth-order valence-corrected chi connectivity index (χ4v) is 3.17. The second kappa shape index (κ2) is 6.83. The van der Waals surface area contributed by atoms with Gasteiger partial charge in [-0.3, -0.25) is 4.68 Å². The lowest BCUT2D eigenvalue weighted by Crippen LogP contribution is -2.16. The second-order valence-corrected chi connectivity index (χ2v) is 6.23. The Hall–Kier alpha value is -0.720. The summed E-state index contributed by atoms with van der Waals surface area (Å²) >= 11 is 6.92. The number of halogens is 3. The third-order valence-corrected chi connectivity index (χ3v) is 4.53. The lowest BCUT2D eigenvalue weighted by atomic mass is 10.2. The average Bonchev–Trinajstić information content (AvgIpc) is 2.69. The topological polar surface area (TPSA) is 29.9 Å². The van der Waals surface area contributed by atoms with Gasteiger partial charge in [0.05, 0.1) is 15.9 Å². The van der Waals surface area contributed by atoms with E-state index in [0.29, 0.717) is 18.7 Å². The first-order valence-electron chi connectivity index (χ1n) is 6.37. The zero-order valence-electron chi connectivity index (χ0n) is 11.4. The van der Waals surface area contributed by atoms with E-state index >= 15 is 0 Å². The van der Waals surface area contributed by atoms with Crippen LogP contribution in [0.5, 0.6) is 0 Å². The minimum absolute atomic E-state index is 0.195. The first kappa shape index (κ1) is 15.7. The van der Waals surface area contributed by atoms with Crippen molar-refractivity contribution < 1.29 is 4.39 Å². The normalized spacial score (nSPS) is 11.1. The van der Waals surface area contributed by atoms with E-state index in [4.69, 9.17) is 0 Å². The lowest BCUT2D eigenvalue weighted by molar-refractivity contribution is 0.575. The molecule has 108 valence electrons. The van der Waals surface area contributed by atoms with Crippen molar-refractivity contribution >= 4 is 31.9 Å². The average molecular weight is 405 g/mol. The molecule has 0 saturated carbocycles. The van der Waals surface area contributed by atoms with Gasteiger partial charge in [-0.05, 0) is 40.5 Å². The third-order valence-electron chi connectivity index (χ3n) is 3.12. The van der Waals surface area contributed by atoms with Crippen LogP contribution in [0.25, 0.3) is 0 Å². The molecular weight excluding hydrogens is 389 g/mol. The number of hydrogen-bond donors (Lipinski definition) is 1. The molecule has 0 aliphatic rings. The van der Waals surface area contributed by atoms with Crippen LogP contribution in [0, 0.1) is 5.82 Å². The summed E-state index contributed by atoms with van der Waals surface area (Å²) in [6, 6.07) is 4.96. The molecule has 1 heterocycles. The molecule has 1 aromatic carbocycles. The van der Waals surface area contributed by atoms with E-state index in [1.807, 2.05) is 11.7 Å². The molecule has 0 spiro atoms. The van der Waals surface area contributed by atoms with E-state index in [1.165, 1.54) is 6.07 Å². The summed E-state index contributed by atoms with van der Waals surface area (Å²) in [6.07, 6.45) is 0.884. The fraction of sp³-hybridized carbons (Fsp3) is 0.357. The van der Waals surface area contributed by atoms with Crippen LogP contribution in [0.15, 0.2) is 27.1 Å². The van der Waals surface area contributed by atoms with Gasteiger partial charge >= 0.3 is 0 Å². The monoisotopic (exact) mass is 403 g/mol. The van der Waals surface area contributed by atoms with Crippen molar-refractivity contribution in [2.75, 3.05) is 0 Å². The molecule has 3 nitrogen and oxygen atoms in total. The van der Waals surface area contributed by atoms with Crippen molar-refractivity contribution in [1.82, 2.24) is 15.1 Å². The van der Waals surface area contributed by atoms with E-state index in [9.17, 15) is 4.39 Å². The van der Waals surface area contributed by atoms with Crippen molar-refractivity contribution in [2.24, 2.45) is 7.05 Å². The standard InChI is InChI=1S/C14H16Br2FN3/c1-3-12-14(16)13(20(2)19-12)8-18-7-9-6-10(15)4-5-11(9)17/h4-6,18H,3,7-8H2,1-2H3. The van der Waals surface area contributed by atoms with E-state index in [0.717, 1.165) is 26.8 Å². The van der Waals surface area contributed by atoms with Gasteiger partial charge in [0, 0.05) is 30.2 Å². The second-order valence-electron chi connectivity index (χ2n) is 4.52. The zero-order valence-corrected chi connectivity index (χ0v) is 14.6. The Morgan fingerprint density at radius 2 is 2.05 bits per heavy atom. The first-order chi connectivity index (χ1) is 9.52. The van der Waals surface area contributed by atoms with Crippen LogP contribution in [-0.2, 0) is 26.6 Å². The van der Waals surface area contributed by atoms with Gasteiger partial charge in [0.2, 0.25) is 0 Å². The highest BCUT2D eigenvalue weighted by Gasteiger charge is 2.12. The molecule has 20 heavy (non-hydrogen) atoms. The molecule has 1 aromatic heterocycles. The van der Waals surface area contributed by atoms with Gasteiger partial charge in [0.1, 0.15) is 5.82 Å². The molecule has 0 aliphatic heterocycles. The van der Waals surface area contributed by atoms with Gasteiger partial charge in [0.15, 0.2) is 0 Å². The smallest absolute Gasteiger partial charge is 0.127 e. The van der Waals surface area contributed by atoms with Crippen molar-refractivity contribution in [3.05, 3.63) is 49.9 Å². The van der Waals surface area contributed by atoms with E-state index in [-0.39, 0.29) is 5.82 Å². The van der Waals surface area contributed by atoms with Crippen LogP contribution in [-0.4, -0.2) is 9.78 Å². The van der Waals surface area contributed by atoms with E-state index < -0.39 is 0 Å². The van der Waals surface area contributed by atoms with Crippen molar-refractivity contribution in [3.8, 4) is 0 Å². The van der Waals surface area contributed by atoms with Gasteiger partial charge < -0.3 is 5.32 Å². The fourth-order valence-electron chi connectivity index (χ4n) is 2.01. The highest BCUT2D eigenvalue weighted by molar-refractivity contribution is 9.10. The van der Waals surface area contributed by atoms with Crippen molar-refractivity contribution in [2.45, 2.75) is 26.4 Å². The van der Waals surface area contributed by atoms with Crippen molar-refractivity contribution in [3.63, 3.8) is 0 Å². The Morgan fingerprint density at radius 3 is 2.70 bits per heavy atom. The van der Waals surface area contributed by atoms with Gasteiger partial charge in [-0.2, -0.15) is 5.10 Å². The molecular formula is C14H16Br2FN3. The highest BCUT2D eigenvalue weighted by atomic mass is 79.9. The van der Waals surface area contributed by atoms with Crippen molar-refractivity contribution in [1.29, 1.82) is 0 Å². The maximum absolute atomic E-state index is 13.6. The van der Waals surface area contributed by atoms with Crippen LogP contribution in [0.3, 0.4) is 0 Å². The number of nitrogens with zero attached hydrogens (tertiary/aromatic N) is 2. The van der Waals surface area contributed by atoms with Crippen LogP contribution < -0.4 is 5.32 Å². The summed E-state index contributed by atoms with van der Waals surface area (Å²) < 4.78 is 17.4. The summed E-state index contributed by atoms with van der Waals surface area (Å²) in [6.45, 7) is 3.18. The molecule has 1 N–H and O–H groups in total. The summed E-state index contributed by atoms with van der Waals surface area (Å²) in [4.78, 5) is 0. The molecule has 0 saturated heterocycles.